The number of halogens is 1. The summed E-state index contributed by atoms with van der Waals surface area (Å²) in [4.78, 5) is 28.5. The third kappa shape index (κ3) is 3.84. The molecular weight excluding hydrogens is 424 g/mol. The second-order valence-corrected chi connectivity index (χ2v) is 10.1. The summed E-state index contributed by atoms with van der Waals surface area (Å²) in [5.74, 6) is -0.286. The Morgan fingerprint density at radius 3 is 2.03 bits per heavy atom. The summed E-state index contributed by atoms with van der Waals surface area (Å²) in [5.41, 5.74) is 0.994. The highest BCUT2D eigenvalue weighted by Crippen LogP contribution is 2.43. The van der Waals surface area contributed by atoms with E-state index in [1.165, 1.54) is 4.90 Å². The molecule has 2 fully saturated rings. The van der Waals surface area contributed by atoms with Crippen molar-refractivity contribution in [2.75, 3.05) is 0 Å². The van der Waals surface area contributed by atoms with E-state index in [0.29, 0.717) is 15.4 Å². The van der Waals surface area contributed by atoms with E-state index in [9.17, 15) is 18.0 Å². The number of benzene rings is 2. The Bertz CT molecular complexity index is 1020. The summed E-state index contributed by atoms with van der Waals surface area (Å²) < 4.78 is 25.7. The van der Waals surface area contributed by atoms with Crippen LogP contribution < -0.4 is 0 Å². The van der Waals surface area contributed by atoms with Gasteiger partial charge in [-0.05, 0) is 18.4 Å². The van der Waals surface area contributed by atoms with Crippen LogP contribution in [0.2, 0.25) is 0 Å². The number of ketones is 1. The molecule has 0 N–H and O–H groups in total. The normalized spacial score (nSPS) is 23.0. The summed E-state index contributed by atoms with van der Waals surface area (Å²) in [6.45, 7) is 0. The molecule has 2 aromatic rings. The number of hydrogen-bond donors (Lipinski definition) is 0. The van der Waals surface area contributed by atoms with Crippen molar-refractivity contribution in [2.24, 2.45) is 0 Å². The van der Waals surface area contributed by atoms with Crippen molar-refractivity contribution in [2.45, 2.75) is 50.2 Å². The van der Waals surface area contributed by atoms with Gasteiger partial charge in [0.05, 0.1) is 0 Å². The highest BCUT2D eigenvalue weighted by Gasteiger charge is 2.56. The van der Waals surface area contributed by atoms with Gasteiger partial charge in [0.1, 0.15) is 12.1 Å². The average molecular weight is 447 g/mol. The van der Waals surface area contributed by atoms with Crippen LogP contribution >= 0.6 is 10.7 Å². The fourth-order valence-electron chi connectivity index (χ4n) is 4.61. The van der Waals surface area contributed by atoms with Gasteiger partial charge >= 0.3 is 15.3 Å². The molecule has 1 heterocycles. The van der Waals surface area contributed by atoms with Gasteiger partial charge in [0.2, 0.25) is 0 Å². The monoisotopic (exact) mass is 446 g/mol. The maximum absolute atomic E-state index is 13.6. The molecule has 0 bridgehead atoms. The van der Waals surface area contributed by atoms with Crippen LogP contribution in [0.15, 0.2) is 60.7 Å². The van der Waals surface area contributed by atoms with Crippen molar-refractivity contribution in [1.82, 2.24) is 9.21 Å². The second kappa shape index (κ2) is 8.40. The van der Waals surface area contributed by atoms with E-state index in [1.54, 1.807) is 60.7 Å². The fraction of sp³-hybridized carbons (Fsp3) is 0.364. The zero-order chi connectivity index (χ0) is 21.3. The Kier molecular flexibility index (Phi) is 5.84. The van der Waals surface area contributed by atoms with E-state index in [2.05, 4.69) is 0 Å². The maximum atomic E-state index is 13.6. The number of rotatable bonds is 5. The Morgan fingerprint density at radius 1 is 0.900 bits per heavy atom. The molecule has 2 aliphatic rings. The molecule has 2 aromatic carbocycles. The molecule has 1 saturated heterocycles. The zero-order valence-corrected chi connectivity index (χ0v) is 17.9. The standard InChI is InChI=1S/C22H23ClN2O4S/c23-30(28,29)25-19(16-10-4-1-5-11-16)20(21(26)17-12-6-2-7-13-17)24(22(25)27)18-14-8-3-9-15-18/h1-2,4-7,10-13,18-20H,3,8-9,14-15H2. The van der Waals surface area contributed by atoms with E-state index >= 15 is 0 Å². The molecule has 2 unspecified atom stereocenters. The molecule has 158 valence electrons. The summed E-state index contributed by atoms with van der Waals surface area (Å²) in [6.07, 6.45) is 4.41. The Morgan fingerprint density at radius 2 is 1.47 bits per heavy atom. The number of nitrogens with zero attached hydrogens (tertiary/aromatic N) is 2. The number of urea groups is 1. The summed E-state index contributed by atoms with van der Waals surface area (Å²) >= 11 is 0. The average Bonchev–Trinajstić information content (AvgIpc) is 3.08. The Hall–Kier alpha value is -2.38. The van der Waals surface area contributed by atoms with Crippen molar-refractivity contribution in [3.63, 3.8) is 0 Å². The first-order valence-corrected chi connectivity index (χ1v) is 12.4. The molecule has 30 heavy (non-hydrogen) atoms. The van der Waals surface area contributed by atoms with E-state index < -0.39 is 27.4 Å². The van der Waals surface area contributed by atoms with Crippen LogP contribution in [0.1, 0.15) is 54.1 Å². The first-order chi connectivity index (χ1) is 14.4. The van der Waals surface area contributed by atoms with Crippen molar-refractivity contribution in [3.05, 3.63) is 71.8 Å². The SMILES string of the molecule is O=C(c1ccccc1)C1C(c2ccccc2)N(S(=O)(=O)Cl)C(=O)N1C1CCCCC1. The first-order valence-electron chi connectivity index (χ1n) is 10.1. The van der Waals surface area contributed by atoms with Crippen LogP contribution in [0.4, 0.5) is 4.79 Å². The maximum Gasteiger partial charge on any atom is 0.336 e. The molecule has 0 aromatic heterocycles. The van der Waals surface area contributed by atoms with Gasteiger partial charge in [0.15, 0.2) is 5.78 Å². The molecule has 1 aliphatic carbocycles. The third-order valence-corrected chi connectivity index (χ3v) is 7.23. The molecule has 0 radical (unpaired) electrons. The predicted molar refractivity (Wildman–Crippen MR) is 114 cm³/mol. The molecule has 2 amide bonds. The third-order valence-electron chi connectivity index (χ3n) is 5.93. The van der Waals surface area contributed by atoms with E-state index in [4.69, 9.17) is 10.7 Å². The van der Waals surface area contributed by atoms with Gasteiger partial charge in [-0.3, -0.25) is 4.79 Å². The lowest BCUT2D eigenvalue weighted by molar-refractivity contribution is 0.0799. The lowest BCUT2D eigenvalue weighted by atomic mass is 9.89. The number of carbonyl (C=O) groups is 2. The molecule has 2 atom stereocenters. The van der Waals surface area contributed by atoms with Crippen molar-refractivity contribution >= 4 is 31.7 Å². The Balaban J connectivity index is 1.88. The summed E-state index contributed by atoms with van der Waals surface area (Å²) in [6, 6.07) is 14.5. The van der Waals surface area contributed by atoms with Crippen LogP contribution in [-0.4, -0.2) is 41.5 Å². The minimum absolute atomic E-state index is 0.196. The van der Waals surface area contributed by atoms with Gasteiger partial charge in [-0.1, -0.05) is 79.9 Å². The fourth-order valence-corrected chi connectivity index (χ4v) is 5.84. The molecule has 1 aliphatic heterocycles. The molecule has 4 rings (SSSR count). The van der Waals surface area contributed by atoms with E-state index in [0.717, 1.165) is 32.1 Å². The molecule has 0 spiro atoms. The van der Waals surface area contributed by atoms with Crippen LogP contribution in [0.5, 0.6) is 0 Å². The predicted octanol–water partition coefficient (Wildman–Crippen LogP) is 4.53. The molecule has 8 heteroatoms. The Labute approximate surface area is 181 Å². The van der Waals surface area contributed by atoms with Gasteiger partial charge in [0, 0.05) is 22.3 Å². The second-order valence-electron chi connectivity index (χ2n) is 7.75. The molecule has 1 saturated carbocycles. The lowest BCUT2D eigenvalue weighted by Crippen LogP contribution is -2.47. The number of carbonyl (C=O) groups excluding carboxylic acids is 2. The molecule has 6 nitrogen and oxygen atoms in total. The lowest BCUT2D eigenvalue weighted by Gasteiger charge is -2.34. The number of Topliss-reactive ketones (excluding diaryl/α,β-unsaturated/α-hetero) is 1. The van der Waals surface area contributed by atoms with Crippen molar-refractivity contribution in [1.29, 1.82) is 0 Å². The van der Waals surface area contributed by atoms with Crippen LogP contribution in [0.25, 0.3) is 0 Å². The quantitative estimate of drug-likeness (QED) is 0.499. The summed E-state index contributed by atoms with van der Waals surface area (Å²) in [7, 11) is 1.33. The smallest absolute Gasteiger partial charge is 0.308 e. The van der Waals surface area contributed by atoms with Crippen molar-refractivity contribution in [3.8, 4) is 0 Å². The minimum Gasteiger partial charge on any atom is -0.308 e. The first kappa shape index (κ1) is 20.9. The highest BCUT2D eigenvalue weighted by molar-refractivity contribution is 8.12. The van der Waals surface area contributed by atoms with E-state index in [1.807, 2.05) is 0 Å². The van der Waals surface area contributed by atoms with Crippen LogP contribution in [0.3, 0.4) is 0 Å². The zero-order valence-electron chi connectivity index (χ0n) is 16.4. The van der Waals surface area contributed by atoms with Gasteiger partial charge in [-0.2, -0.15) is 12.7 Å². The molecular formula is C22H23ClN2O4S. The summed E-state index contributed by atoms with van der Waals surface area (Å²) in [5, 5.41) is 0. The van der Waals surface area contributed by atoms with Gasteiger partial charge in [0.25, 0.3) is 0 Å². The van der Waals surface area contributed by atoms with Gasteiger partial charge in [-0.15, -0.1) is 0 Å². The van der Waals surface area contributed by atoms with Crippen molar-refractivity contribution < 1.29 is 18.0 Å². The largest absolute Gasteiger partial charge is 0.336 e. The number of hydrogen-bond acceptors (Lipinski definition) is 4. The number of amides is 2. The van der Waals surface area contributed by atoms with E-state index in [-0.39, 0.29) is 11.8 Å². The van der Waals surface area contributed by atoms with Gasteiger partial charge < -0.3 is 4.90 Å². The van der Waals surface area contributed by atoms with Gasteiger partial charge in [-0.25, -0.2) is 4.79 Å². The highest BCUT2D eigenvalue weighted by atomic mass is 35.7. The van der Waals surface area contributed by atoms with Crippen LogP contribution in [0, 0.1) is 0 Å². The van der Waals surface area contributed by atoms with Crippen LogP contribution in [-0.2, 0) is 9.24 Å². The topological polar surface area (TPSA) is 74.8 Å². The minimum atomic E-state index is -4.41.